The number of hydrogen-bond acceptors (Lipinski definition) is 6. The molecule has 1 fully saturated rings. The molecule has 0 aliphatic carbocycles. The summed E-state index contributed by atoms with van der Waals surface area (Å²) in [5.41, 5.74) is 2.12. The van der Waals surface area contributed by atoms with Crippen molar-refractivity contribution in [2.75, 3.05) is 19.6 Å². The maximum atomic E-state index is 13.0. The maximum absolute atomic E-state index is 13.0. The minimum atomic E-state index is -3.58. The van der Waals surface area contributed by atoms with Gasteiger partial charge in [0.1, 0.15) is 0 Å². The highest BCUT2D eigenvalue weighted by Crippen LogP contribution is 2.20. The van der Waals surface area contributed by atoms with Crippen LogP contribution in [-0.4, -0.2) is 58.8 Å². The Morgan fingerprint density at radius 2 is 2.03 bits per heavy atom. The zero-order valence-corrected chi connectivity index (χ0v) is 18.0. The van der Waals surface area contributed by atoms with Crippen molar-refractivity contribution in [3.05, 3.63) is 66.2 Å². The molecule has 1 aliphatic heterocycles. The van der Waals surface area contributed by atoms with Gasteiger partial charge in [-0.2, -0.15) is 0 Å². The SMILES string of the molecule is Cc1ccc(S(=O)(=O)NCC2CCCN(C(=O)c3cncc(-n4ccnn4)c3)C2)cc1. The van der Waals surface area contributed by atoms with Gasteiger partial charge >= 0.3 is 0 Å². The number of aromatic nitrogens is 4. The second-order valence-corrected chi connectivity index (χ2v) is 9.47. The first-order chi connectivity index (χ1) is 14.9. The number of sulfonamides is 1. The molecule has 0 saturated carbocycles. The topological polar surface area (TPSA) is 110 Å². The van der Waals surface area contributed by atoms with Gasteiger partial charge in [-0.25, -0.2) is 17.8 Å². The third-order valence-corrected chi connectivity index (χ3v) is 6.80. The molecule has 1 unspecified atom stereocenters. The van der Waals surface area contributed by atoms with E-state index < -0.39 is 10.0 Å². The van der Waals surface area contributed by atoms with Crippen LogP contribution in [0.25, 0.3) is 5.69 Å². The lowest BCUT2D eigenvalue weighted by Gasteiger charge is -2.33. The van der Waals surface area contributed by atoms with Gasteiger partial charge in [-0.1, -0.05) is 22.9 Å². The molecule has 4 rings (SSSR count). The van der Waals surface area contributed by atoms with Crippen LogP contribution < -0.4 is 4.72 Å². The summed E-state index contributed by atoms with van der Waals surface area (Å²) in [4.78, 5) is 19.2. The lowest BCUT2D eigenvalue weighted by Crippen LogP contribution is -2.43. The van der Waals surface area contributed by atoms with Crippen LogP contribution in [0.15, 0.2) is 60.0 Å². The van der Waals surface area contributed by atoms with E-state index in [1.165, 1.54) is 6.20 Å². The molecule has 0 spiro atoms. The summed E-state index contributed by atoms with van der Waals surface area (Å²) in [5, 5.41) is 7.70. The van der Waals surface area contributed by atoms with E-state index in [4.69, 9.17) is 0 Å². The lowest BCUT2D eigenvalue weighted by atomic mass is 9.98. The predicted molar refractivity (Wildman–Crippen MR) is 114 cm³/mol. The molecule has 3 aromatic rings. The fourth-order valence-electron chi connectivity index (χ4n) is 3.64. The minimum absolute atomic E-state index is 0.0457. The van der Waals surface area contributed by atoms with E-state index in [0.29, 0.717) is 24.3 Å². The molecule has 9 nitrogen and oxygen atoms in total. The highest BCUT2D eigenvalue weighted by atomic mass is 32.2. The number of amides is 1. The van der Waals surface area contributed by atoms with Gasteiger partial charge in [-0.05, 0) is 43.9 Å². The number of carbonyl (C=O) groups excluding carboxylic acids is 1. The van der Waals surface area contributed by atoms with Crippen molar-refractivity contribution in [2.24, 2.45) is 5.92 Å². The van der Waals surface area contributed by atoms with Crippen molar-refractivity contribution in [3.8, 4) is 5.69 Å². The van der Waals surface area contributed by atoms with E-state index >= 15 is 0 Å². The zero-order valence-electron chi connectivity index (χ0n) is 17.2. The van der Waals surface area contributed by atoms with Crippen LogP contribution in [0.2, 0.25) is 0 Å². The van der Waals surface area contributed by atoms with E-state index in [2.05, 4.69) is 20.0 Å². The average molecular weight is 441 g/mol. The summed E-state index contributed by atoms with van der Waals surface area (Å²) in [6.45, 7) is 3.32. The first kappa shape index (κ1) is 21.1. The maximum Gasteiger partial charge on any atom is 0.255 e. The number of nitrogens with zero attached hydrogens (tertiary/aromatic N) is 5. The Balaban J connectivity index is 1.40. The fraction of sp³-hybridized carbons (Fsp3) is 0.333. The molecule has 2 aromatic heterocycles. The second-order valence-electron chi connectivity index (χ2n) is 7.70. The average Bonchev–Trinajstić information content (AvgIpc) is 3.33. The monoisotopic (exact) mass is 440 g/mol. The first-order valence-corrected chi connectivity index (χ1v) is 11.6. The van der Waals surface area contributed by atoms with E-state index in [-0.39, 0.29) is 23.3 Å². The third-order valence-electron chi connectivity index (χ3n) is 5.36. The third kappa shape index (κ3) is 4.97. The number of likely N-dealkylation sites (tertiary alicyclic amines) is 1. The van der Waals surface area contributed by atoms with Gasteiger partial charge in [-0.3, -0.25) is 9.78 Å². The highest BCUT2D eigenvalue weighted by Gasteiger charge is 2.26. The Hall–Kier alpha value is -3.11. The quantitative estimate of drug-likeness (QED) is 0.626. The summed E-state index contributed by atoms with van der Waals surface area (Å²) in [7, 11) is -3.58. The van der Waals surface area contributed by atoms with Crippen LogP contribution in [-0.2, 0) is 10.0 Å². The Morgan fingerprint density at radius 1 is 1.23 bits per heavy atom. The number of pyridine rings is 1. The number of aryl methyl sites for hydroxylation is 1. The molecular formula is C21H24N6O3S. The molecule has 1 saturated heterocycles. The van der Waals surface area contributed by atoms with E-state index in [1.807, 2.05) is 6.92 Å². The van der Waals surface area contributed by atoms with Crippen LogP contribution in [0.5, 0.6) is 0 Å². The Bertz CT molecular complexity index is 1150. The molecule has 1 aromatic carbocycles. The summed E-state index contributed by atoms with van der Waals surface area (Å²) in [5.74, 6) is -0.0788. The standard InChI is InChI=1S/C21H24N6O3S/c1-16-4-6-20(7-5-16)31(29,30)24-12-17-3-2-9-26(15-17)21(28)18-11-19(14-22-13-18)27-10-8-23-25-27/h4-8,10-11,13-14,17,24H,2-3,9,12,15H2,1H3. The number of piperidine rings is 1. The summed E-state index contributed by atoms with van der Waals surface area (Å²) >= 11 is 0. The van der Waals surface area contributed by atoms with Gasteiger partial charge in [-0.15, -0.1) is 5.10 Å². The molecule has 0 bridgehead atoms. The summed E-state index contributed by atoms with van der Waals surface area (Å²) in [6.07, 6.45) is 8.07. The molecule has 1 atom stereocenters. The van der Waals surface area contributed by atoms with Gasteiger partial charge in [0.05, 0.1) is 34.7 Å². The van der Waals surface area contributed by atoms with Gasteiger partial charge < -0.3 is 4.90 Å². The van der Waals surface area contributed by atoms with Crippen LogP contribution in [0.3, 0.4) is 0 Å². The van der Waals surface area contributed by atoms with Crippen molar-refractivity contribution >= 4 is 15.9 Å². The van der Waals surface area contributed by atoms with Crippen molar-refractivity contribution in [1.82, 2.24) is 29.6 Å². The van der Waals surface area contributed by atoms with E-state index in [9.17, 15) is 13.2 Å². The lowest BCUT2D eigenvalue weighted by molar-refractivity contribution is 0.0676. The Labute approximate surface area is 181 Å². The molecule has 162 valence electrons. The first-order valence-electron chi connectivity index (χ1n) is 10.1. The van der Waals surface area contributed by atoms with Gasteiger partial charge in [0.25, 0.3) is 5.91 Å². The molecule has 0 radical (unpaired) electrons. The highest BCUT2D eigenvalue weighted by molar-refractivity contribution is 7.89. The fourth-order valence-corrected chi connectivity index (χ4v) is 4.76. The Morgan fingerprint density at radius 3 is 2.77 bits per heavy atom. The Kier molecular flexibility index (Phi) is 6.10. The molecule has 10 heteroatoms. The van der Waals surface area contributed by atoms with Crippen LogP contribution >= 0.6 is 0 Å². The van der Waals surface area contributed by atoms with Crippen molar-refractivity contribution in [1.29, 1.82) is 0 Å². The van der Waals surface area contributed by atoms with Crippen molar-refractivity contribution in [2.45, 2.75) is 24.7 Å². The zero-order chi connectivity index (χ0) is 21.8. The number of carbonyl (C=O) groups is 1. The van der Waals surface area contributed by atoms with Gasteiger partial charge in [0.2, 0.25) is 10.0 Å². The normalized spacial score (nSPS) is 16.9. The molecule has 31 heavy (non-hydrogen) atoms. The largest absolute Gasteiger partial charge is 0.338 e. The van der Waals surface area contributed by atoms with Gasteiger partial charge in [0, 0.05) is 25.8 Å². The number of rotatable bonds is 6. The second kappa shape index (κ2) is 8.94. The minimum Gasteiger partial charge on any atom is -0.338 e. The predicted octanol–water partition coefficient (Wildman–Crippen LogP) is 1.80. The molecule has 1 amide bonds. The van der Waals surface area contributed by atoms with Crippen LogP contribution in [0, 0.1) is 12.8 Å². The van der Waals surface area contributed by atoms with Crippen molar-refractivity contribution < 1.29 is 13.2 Å². The number of benzene rings is 1. The summed E-state index contributed by atoms with van der Waals surface area (Å²) < 4.78 is 29.4. The van der Waals surface area contributed by atoms with Gasteiger partial charge in [0.15, 0.2) is 0 Å². The summed E-state index contributed by atoms with van der Waals surface area (Å²) in [6, 6.07) is 8.48. The van der Waals surface area contributed by atoms with Crippen LogP contribution in [0.4, 0.5) is 0 Å². The molecular weight excluding hydrogens is 416 g/mol. The molecule has 3 heterocycles. The number of nitrogens with one attached hydrogen (secondary N) is 1. The van der Waals surface area contributed by atoms with E-state index in [0.717, 1.165) is 18.4 Å². The smallest absolute Gasteiger partial charge is 0.255 e. The molecule has 1 aliphatic rings. The van der Waals surface area contributed by atoms with E-state index in [1.54, 1.807) is 58.5 Å². The molecule has 1 N–H and O–H groups in total. The van der Waals surface area contributed by atoms with Crippen molar-refractivity contribution in [3.63, 3.8) is 0 Å². The number of hydrogen-bond donors (Lipinski definition) is 1. The van der Waals surface area contributed by atoms with Crippen LogP contribution in [0.1, 0.15) is 28.8 Å².